The molecule has 0 aromatic rings. The molecule has 0 aliphatic heterocycles. The minimum atomic E-state index is -0.310. The molecule has 1 radical (unpaired) electrons. The van der Waals surface area contributed by atoms with Gasteiger partial charge in [-0.05, 0) is 19.6 Å². The molecule has 0 amide bonds. The van der Waals surface area contributed by atoms with Gasteiger partial charge < -0.3 is 4.74 Å². The fourth-order valence-electron chi connectivity index (χ4n) is 0.419. The lowest BCUT2D eigenvalue weighted by Gasteiger charge is -2.02. The van der Waals surface area contributed by atoms with Gasteiger partial charge in [0.15, 0.2) is 0 Å². The maximum Gasteiger partial charge on any atom is 0.333 e. The van der Waals surface area contributed by atoms with Crippen LogP contribution in [0, 0.1) is 6.92 Å². The molecular weight excluding hydrogens is 160 g/mol. The van der Waals surface area contributed by atoms with Gasteiger partial charge in [0, 0.05) is 11.3 Å². The standard InChI is InChI=1S/C8H13O2S/c1-4-11-6-5-10-8(9)7(2)3/h1-2,4-6H2,3H3. The zero-order chi connectivity index (χ0) is 8.69. The van der Waals surface area contributed by atoms with Crippen LogP contribution in [-0.2, 0) is 9.53 Å². The number of thioether (sulfide) groups is 1. The Morgan fingerprint density at radius 1 is 1.64 bits per heavy atom. The molecule has 0 rings (SSSR count). The number of carbonyl (C=O) groups is 1. The Labute approximate surface area is 72.0 Å². The molecule has 0 aliphatic carbocycles. The van der Waals surface area contributed by atoms with Crippen LogP contribution in [0.25, 0.3) is 0 Å². The van der Waals surface area contributed by atoms with Crippen molar-refractivity contribution in [3.8, 4) is 0 Å². The van der Waals surface area contributed by atoms with Crippen LogP contribution in [0.3, 0.4) is 0 Å². The highest BCUT2D eigenvalue weighted by Crippen LogP contribution is 1.98. The summed E-state index contributed by atoms with van der Waals surface area (Å²) in [4.78, 5) is 10.8. The smallest absolute Gasteiger partial charge is 0.333 e. The van der Waals surface area contributed by atoms with E-state index < -0.39 is 0 Å². The first kappa shape index (κ1) is 10.6. The topological polar surface area (TPSA) is 26.3 Å². The fourth-order valence-corrected chi connectivity index (χ4v) is 0.824. The van der Waals surface area contributed by atoms with E-state index in [2.05, 4.69) is 13.5 Å². The number of ether oxygens (including phenoxy) is 1. The zero-order valence-electron chi connectivity index (χ0n) is 6.76. The molecule has 0 spiro atoms. The zero-order valence-corrected chi connectivity index (χ0v) is 7.58. The summed E-state index contributed by atoms with van der Waals surface area (Å²) >= 11 is 1.64. The lowest BCUT2D eigenvalue weighted by atomic mass is 10.4. The summed E-state index contributed by atoms with van der Waals surface area (Å²) in [7, 11) is 0. The van der Waals surface area contributed by atoms with Crippen molar-refractivity contribution in [1.82, 2.24) is 0 Å². The molecule has 0 bridgehead atoms. The quantitative estimate of drug-likeness (QED) is 0.359. The second-order valence-corrected chi connectivity index (χ2v) is 3.25. The van der Waals surface area contributed by atoms with Gasteiger partial charge >= 0.3 is 5.97 Å². The Hall–Kier alpha value is -0.440. The third kappa shape index (κ3) is 5.98. The van der Waals surface area contributed by atoms with E-state index in [1.54, 1.807) is 18.7 Å². The molecule has 0 aromatic carbocycles. The van der Waals surface area contributed by atoms with E-state index in [0.29, 0.717) is 12.2 Å². The van der Waals surface area contributed by atoms with E-state index in [0.717, 1.165) is 11.5 Å². The molecule has 0 aliphatic rings. The van der Waals surface area contributed by atoms with Gasteiger partial charge in [-0.1, -0.05) is 6.58 Å². The van der Waals surface area contributed by atoms with Gasteiger partial charge in [0.05, 0.1) is 0 Å². The van der Waals surface area contributed by atoms with Crippen molar-refractivity contribution >= 4 is 17.7 Å². The lowest BCUT2D eigenvalue weighted by molar-refractivity contribution is -0.138. The van der Waals surface area contributed by atoms with Gasteiger partial charge in [-0.15, -0.1) is 0 Å². The Bertz CT molecular complexity index is 143. The van der Waals surface area contributed by atoms with Gasteiger partial charge in [0.25, 0.3) is 0 Å². The van der Waals surface area contributed by atoms with Crippen molar-refractivity contribution in [1.29, 1.82) is 0 Å². The molecular formula is C8H13O2S. The molecule has 3 heteroatoms. The molecule has 0 unspecified atom stereocenters. The molecule has 0 saturated heterocycles. The average molecular weight is 173 g/mol. The molecule has 0 aromatic heterocycles. The summed E-state index contributed by atoms with van der Waals surface area (Å²) in [5.74, 6) is 1.31. The Morgan fingerprint density at radius 2 is 2.27 bits per heavy atom. The molecule has 0 heterocycles. The molecule has 2 nitrogen and oxygen atoms in total. The van der Waals surface area contributed by atoms with Gasteiger partial charge in [0.2, 0.25) is 0 Å². The SMILES string of the molecule is [CH2]CSCCOC(=O)C(=C)C. The van der Waals surface area contributed by atoms with Crippen LogP contribution in [0.4, 0.5) is 0 Å². The van der Waals surface area contributed by atoms with Crippen molar-refractivity contribution in [3.63, 3.8) is 0 Å². The van der Waals surface area contributed by atoms with E-state index in [9.17, 15) is 4.79 Å². The lowest BCUT2D eigenvalue weighted by Crippen LogP contribution is -2.07. The normalized spacial score (nSPS) is 9.27. The first-order valence-corrected chi connectivity index (χ1v) is 4.53. The Kier molecular flexibility index (Phi) is 6.03. The van der Waals surface area contributed by atoms with Crippen LogP contribution in [0.1, 0.15) is 6.92 Å². The predicted octanol–water partition coefficient (Wildman–Crippen LogP) is 1.67. The second-order valence-electron chi connectivity index (χ2n) is 2.03. The van der Waals surface area contributed by atoms with E-state index >= 15 is 0 Å². The van der Waals surface area contributed by atoms with Crippen molar-refractivity contribution in [2.45, 2.75) is 6.92 Å². The minimum absolute atomic E-state index is 0.310. The Balaban J connectivity index is 3.25. The van der Waals surface area contributed by atoms with Crippen LogP contribution in [0.2, 0.25) is 0 Å². The monoisotopic (exact) mass is 173 g/mol. The van der Waals surface area contributed by atoms with Crippen LogP contribution >= 0.6 is 11.8 Å². The third-order valence-corrected chi connectivity index (χ3v) is 1.70. The summed E-state index contributed by atoms with van der Waals surface area (Å²) in [6, 6.07) is 0. The van der Waals surface area contributed by atoms with Gasteiger partial charge in [-0.3, -0.25) is 0 Å². The van der Waals surface area contributed by atoms with Gasteiger partial charge in [-0.25, -0.2) is 4.79 Å². The first-order chi connectivity index (χ1) is 5.18. The molecule has 0 atom stereocenters. The van der Waals surface area contributed by atoms with E-state index in [4.69, 9.17) is 4.74 Å². The third-order valence-electron chi connectivity index (χ3n) is 0.954. The van der Waals surface area contributed by atoms with Crippen molar-refractivity contribution in [3.05, 3.63) is 19.1 Å². The number of esters is 1. The number of hydrogen-bond acceptors (Lipinski definition) is 3. The molecule has 0 fully saturated rings. The van der Waals surface area contributed by atoms with Crippen LogP contribution in [0.15, 0.2) is 12.2 Å². The summed E-state index contributed by atoms with van der Waals surface area (Å²) < 4.78 is 4.82. The van der Waals surface area contributed by atoms with E-state index in [1.807, 2.05) is 0 Å². The second kappa shape index (κ2) is 6.28. The molecule has 0 saturated carbocycles. The number of hydrogen-bond donors (Lipinski definition) is 0. The average Bonchev–Trinajstić information content (AvgIpc) is 1.97. The molecule has 0 N–H and O–H groups in total. The Morgan fingerprint density at radius 3 is 2.73 bits per heavy atom. The highest BCUT2D eigenvalue weighted by molar-refractivity contribution is 7.99. The fraction of sp³-hybridized carbons (Fsp3) is 0.500. The maximum absolute atomic E-state index is 10.8. The van der Waals surface area contributed by atoms with Crippen molar-refractivity contribution in [2.24, 2.45) is 0 Å². The molecule has 11 heavy (non-hydrogen) atoms. The largest absolute Gasteiger partial charge is 0.461 e. The van der Waals surface area contributed by atoms with E-state index in [1.165, 1.54) is 0 Å². The maximum atomic E-state index is 10.8. The minimum Gasteiger partial charge on any atom is -0.461 e. The number of rotatable bonds is 5. The van der Waals surface area contributed by atoms with Gasteiger partial charge in [-0.2, -0.15) is 11.8 Å². The van der Waals surface area contributed by atoms with Crippen LogP contribution in [0.5, 0.6) is 0 Å². The summed E-state index contributed by atoms with van der Waals surface area (Å²) in [6.07, 6.45) is 0. The molecule has 63 valence electrons. The van der Waals surface area contributed by atoms with Gasteiger partial charge in [0.1, 0.15) is 6.61 Å². The van der Waals surface area contributed by atoms with Crippen molar-refractivity contribution in [2.75, 3.05) is 18.1 Å². The highest BCUT2D eigenvalue weighted by Gasteiger charge is 2.00. The number of carbonyl (C=O) groups excluding carboxylic acids is 1. The highest BCUT2D eigenvalue weighted by atomic mass is 32.2. The van der Waals surface area contributed by atoms with Crippen molar-refractivity contribution < 1.29 is 9.53 Å². The summed E-state index contributed by atoms with van der Waals surface area (Å²) in [5.41, 5.74) is 0.449. The van der Waals surface area contributed by atoms with Crippen LogP contribution < -0.4 is 0 Å². The first-order valence-electron chi connectivity index (χ1n) is 3.38. The predicted molar refractivity (Wildman–Crippen MR) is 48.5 cm³/mol. The van der Waals surface area contributed by atoms with Crippen LogP contribution in [-0.4, -0.2) is 24.1 Å². The van der Waals surface area contributed by atoms with E-state index in [-0.39, 0.29) is 5.97 Å². The summed E-state index contributed by atoms with van der Waals surface area (Å²) in [5, 5.41) is 0. The summed E-state index contributed by atoms with van der Waals surface area (Å²) in [6.45, 7) is 9.19.